The van der Waals surface area contributed by atoms with Crippen molar-refractivity contribution in [3.8, 4) is 5.75 Å². The van der Waals surface area contributed by atoms with Crippen molar-refractivity contribution >= 4 is 27.5 Å². The van der Waals surface area contributed by atoms with Crippen molar-refractivity contribution in [1.29, 1.82) is 0 Å². The molecular weight excluding hydrogens is 324 g/mol. The second-order valence-corrected chi connectivity index (χ2v) is 7.89. The van der Waals surface area contributed by atoms with Crippen LogP contribution in [-0.2, 0) is 6.42 Å². The minimum atomic E-state index is 0.343. The van der Waals surface area contributed by atoms with Gasteiger partial charge in [0.15, 0.2) is 0 Å². The van der Waals surface area contributed by atoms with Gasteiger partial charge in [-0.25, -0.2) is 0 Å². The molecule has 0 N–H and O–H groups in total. The Hall–Kier alpha value is -0.210. The maximum Gasteiger partial charge on any atom is 0.127 e. The summed E-state index contributed by atoms with van der Waals surface area (Å²) in [6.45, 7) is 5.55. The van der Waals surface area contributed by atoms with Gasteiger partial charge in [0, 0.05) is 21.8 Å². The number of benzene rings is 1. The maximum absolute atomic E-state index is 6.27. The fraction of sp³-hybridized carbons (Fsp3) is 0.625. The Bertz CT molecular complexity index is 498. The number of halogens is 2. The highest BCUT2D eigenvalue weighted by molar-refractivity contribution is 9.09. The predicted octanol–water partition coefficient (Wildman–Crippen LogP) is 5.54. The highest BCUT2D eigenvalue weighted by Gasteiger charge is 2.40. The third-order valence-corrected chi connectivity index (χ3v) is 6.12. The van der Waals surface area contributed by atoms with Crippen molar-refractivity contribution in [1.82, 2.24) is 0 Å². The van der Waals surface area contributed by atoms with Crippen LogP contribution in [0.1, 0.15) is 49.1 Å². The summed E-state index contributed by atoms with van der Waals surface area (Å²) in [6, 6.07) is 4.13. The van der Waals surface area contributed by atoms with E-state index in [1.165, 1.54) is 30.4 Å². The Morgan fingerprint density at radius 1 is 1.42 bits per heavy atom. The molecule has 3 rings (SSSR count). The smallest absolute Gasteiger partial charge is 0.127 e. The topological polar surface area (TPSA) is 9.23 Å². The normalized spacial score (nSPS) is 26.0. The second kappa shape index (κ2) is 4.96. The maximum atomic E-state index is 6.27. The quantitative estimate of drug-likeness (QED) is 0.641. The van der Waals surface area contributed by atoms with Gasteiger partial charge >= 0.3 is 0 Å². The van der Waals surface area contributed by atoms with E-state index in [1.54, 1.807) is 0 Å². The Morgan fingerprint density at radius 3 is 2.89 bits per heavy atom. The molecule has 1 aromatic carbocycles. The first-order chi connectivity index (χ1) is 8.99. The number of fused-ring (bicyclic) bond motifs is 1. The van der Waals surface area contributed by atoms with Crippen LogP contribution in [0.4, 0.5) is 0 Å². The van der Waals surface area contributed by atoms with Crippen molar-refractivity contribution in [2.45, 2.75) is 44.4 Å². The third kappa shape index (κ3) is 2.42. The molecule has 2 aliphatic rings. The van der Waals surface area contributed by atoms with Gasteiger partial charge in [-0.05, 0) is 41.9 Å². The molecule has 0 spiro atoms. The van der Waals surface area contributed by atoms with E-state index in [1.807, 2.05) is 6.07 Å². The van der Waals surface area contributed by atoms with Gasteiger partial charge in [-0.1, -0.05) is 47.8 Å². The fourth-order valence-corrected chi connectivity index (χ4v) is 5.18. The zero-order chi connectivity index (χ0) is 13.6. The van der Waals surface area contributed by atoms with Gasteiger partial charge in [0.1, 0.15) is 5.75 Å². The van der Waals surface area contributed by atoms with E-state index in [4.69, 9.17) is 16.3 Å². The van der Waals surface area contributed by atoms with Crippen molar-refractivity contribution in [3.63, 3.8) is 0 Å². The van der Waals surface area contributed by atoms with E-state index in [0.29, 0.717) is 16.2 Å². The first-order valence-electron chi connectivity index (χ1n) is 7.08. The molecule has 2 atom stereocenters. The summed E-state index contributed by atoms with van der Waals surface area (Å²) < 4.78 is 5.84. The summed E-state index contributed by atoms with van der Waals surface area (Å²) in [5, 5.41) is 0.833. The summed E-state index contributed by atoms with van der Waals surface area (Å²) >= 11 is 10.2. The van der Waals surface area contributed by atoms with Crippen LogP contribution in [0.5, 0.6) is 5.75 Å². The average molecular weight is 344 g/mol. The molecule has 0 saturated heterocycles. The van der Waals surface area contributed by atoms with Crippen LogP contribution < -0.4 is 4.74 Å². The average Bonchev–Trinajstić information content (AvgIpc) is 2.92. The second-order valence-electron chi connectivity index (χ2n) is 6.47. The Balaban J connectivity index is 1.98. The Labute approximate surface area is 128 Å². The minimum absolute atomic E-state index is 0.343. The lowest BCUT2D eigenvalue weighted by molar-refractivity contribution is 0.254. The predicted molar refractivity (Wildman–Crippen MR) is 83.4 cm³/mol. The molecule has 0 aromatic heterocycles. The van der Waals surface area contributed by atoms with Crippen molar-refractivity contribution < 1.29 is 4.74 Å². The molecular formula is C16H20BrClO. The molecule has 3 heteroatoms. The molecule has 1 aliphatic carbocycles. The molecule has 1 aromatic rings. The summed E-state index contributed by atoms with van der Waals surface area (Å²) in [4.78, 5) is 0.343. The van der Waals surface area contributed by atoms with Gasteiger partial charge in [-0.3, -0.25) is 0 Å². The Kier molecular flexibility index (Phi) is 3.59. The largest absolute Gasteiger partial charge is 0.493 e. The van der Waals surface area contributed by atoms with Gasteiger partial charge in [0.2, 0.25) is 0 Å². The molecule has 1 aliphatic heterocycles. The summed E-state index contributed by atoms with van der Waals surface area (Å²) in [7, 11) is 0. The summed E-state index contributed by atoms with van der Waals surface area (Å²) in [6.07, 6.45) is 4.90. The molecule has 1 heterocycles. The molecule has 0 amide bonds. The van der Waals surface area contributed by atoms with Crippen LogP contribution in [0.3, 0.4) is 0 Å². The van der Waals surface area contributed by atoms with Crippen LogP contribution in [0.15, 0.2) is 12.1 Å². The van der Waals surface area contributed by atoms with Crippen LogP contribution in [0, 0.1) is 11.3 Å². The number of rotatable bonds is 2. The fourth-order valence-electron chi connectivity index (χ4n) is 3.62. The zero-order valence-corrected chi connectivity index (χ0v) is 13.9. The lowest BCUT2D eigenvalue weighted by atomic mass is 9.78. The lowest BCUT2D eigenvalue weighted by Crippen LogP contribution is -2.21. The van der Waals surface area contributed by atoms with Crippen LogP contribution in [0.25, 0.3) is 0 Å². The molecule has 0 bridgehead atoms. The minimum Gasteiger partial charge on any atom is -0.493 e. The van der Waals surface area contributed by atoms with E-state index in [-0.39, 0.29) is 0 Å². The van der Waals surface area contributed by atoms with Gasteiger partial charge in [0.25, 0.3) is 0 Å². The molecule has 1 fully saturated rings. The Morgan fingerprint density at radius 2 is 2.21 bits per heavy atom. The molecule has 1 nitrogen and oxygen atoms in total. The molecule has 1 saturated carbocycles. The highest BCUT2D eigenvalue weighted by atomic mass is 79.9. The van der Waals surface area contributed by atoms with Gasteiger partial charge in [-0.15, -0.1) is 0 Å². The number of hydrogen-bond acceptors (Lipinski definition) is 1. The van der Waals surface area contributed by atoms with E-state index in [0.717, 1.165) is 23.8 Å². The zero-order valence-electron chi connectivity index (χ0n) is 11.5. The number of ether oxygens (including phenoxy) is 1. The van der Waals surface area contributed by atoms with Gasteiger partial charge in [0.05, 0.1) is 6.61 Å². The first kappa shape index (κ1) is 13.8. The third-order valence-electron chi connectivity index (χ3n) is 4.77. The first-order valence-corrected chi connectivity index (χ1v) is 8.37. The summed E-state index contributed by atoms with van der Waals surface area (Å²) in [5.74, 6) is 1.73. The lowest BCUT2D eigenvalue weighted by Gasteiger charge is -2.32. The van der Waals surface area contributed by atoms with E-state index < -0.39 is 0 Å². The van der Waals surface area contributed by atoms with Crippen molar-refractivity contribution in [3.05, 3.63) is 28.3 Å². The van der Waals surface area contributed by atoms with E-state index in [2.05, 4.69) is 35.8 Å². The van der Waals surface area contributed by atoms with Crippen molar-refractivity contribution in [2.75, 3.05) is 6.61 Å². The van der Waals surface area contributed by atoms with E-state index in [9.17, 15) is 0 Å². The van der Waals surface area contributed by atoms with Crippen LogP contribution in [0.2, 0.25) is 5.02 Å². The molecule has 0 radical (unpaired) electrons. The SMILES string of the molecule is CC1(C)CCCC1C(Br)c1cc(Cl)cc2c1OCC2. The van der Waals surface area contributed by atoms with Crippen LogP contribution >= 0.6 is 27.5 Å². The van der Waals surface area contributed by atoms with Crippen LogP contribution in [-0.4, -0.2) is 6.61 Å². The van der Waals surface area contributed by atoms with Gasteiger partial charge in [-0.2, -0.15) is 0 Å². The molecule has 104 valence electrons. The monoisotopic (exact) mass is 342 g/mol. The molecule has 2 unspecified atom stereocenters. The van der Waals surface area contributed by atoms with E-state index >= 15 is 0 Å². The van der Waals surface area contributed by atoms with Crippen molar-refractivity contribution in [2.24, 2.45) is 11.3 Å². The number of alkyl halides is 1. The molecule has 19 heavy (non-hydrogen) atoms. The van der Waals surface area contributed by atoms with Gasteiger partial charge < -0.3 is 4.74 Å². The number of hydrogen-bond donors (Lipinski definition) is 0. The highest BCUT2D eigenvalue weighted by Crippen LogP contribution is 2.54. The summed E-state index contributed by atoms with van der Waals surface area (Å²) in [5.41, 5.74) is 2.91. The standard InChI is InChI=1S/C16H20BrClO/c1-16(2)6-3-4-13(16)14(17)12-9-11(18)8-10-5-7-19-15(10)12/h8-9,13-14H,3-7H2,1-2H3.